The minimum absolute atomic E-state index is 0. The third-order valence-corrected chi connectivity index (χ3v) is 6.42. The lowest BCUT2D eigenvalue weighted by atomic mass is 10.2. The Morgan fingerprint density at radius 1 is 1.15 bits per heavy atom. The van der Waals surface area contributed by atoms with Crippen LogP contribution in [-0.2, 0) is 11.2 Å². The Hall–Kier alpha value is -1.47. The fraction of sp³-hybridized carbons (Fsp3) is 0.400. The van der Waals surface area contributed by atoms with E-state index in [-0.39, 0.29) is 18.3 Å². The van der Waals surface area contributed by atoms with E-state index in [0.29, 0.717) is 13.0 Å². The molecule has 4 nitrogen and oxygen atoms in total. The number of rotatable bonds is 8. The number of benzene rings is 1. The molecular formula is C20H26ClN3OS2. The zero-order valence-electron chi connectivity index (χ0n) is 16.0. The molecule has 2 heterocycles. The Labute approximate surface area is 175 Å². The molecule has 27 heavy (non-hydrogen) atoms. The molecule has 2 aromatic heterocycles. The second kappa shape index (κ2) is 10.2. The summed E-state index contributed by atoms with van der Waals surface area (Å²) in [4.78, 5) is 23.1. The lowest BCUT2D eigenvalue weighted by Gasteiger charge is -2.24. The van der Waals surface area contributed by atoms with Crippen LogP contribution in [0.2, 0.25) is 0 Å². The molecule has 0 aliphatic carbocycles. The number of halogens is 1. The number of amides is 1. The fourth-order valence-corrected chi connectivity index (χ4v) is 4.70. The lowest BCUT2D eigenvalue weighted by Crippen LogP contribution is -2.39. The van der Waals surface area contributed by atoms with E-state index >= 15 is 0 Å². The van der Waals surface area contributed by atoms with Crippen molar-refractivity contribution in [1.82, 2.24) is 9.88 Å². The predicted octanol–water partition coefficient (Wildman–Crippen LogP) is 5.01. The number of aromatic nitrogens is 1. The summed E-state index contributed by atoms with van der Waals surface area (Å²) in [7, 11) is 0. The Balaban J connectivity index is 0.00000261. The number of nitrogens with zero attached hydrogens (tertiary/aromatic N) is 3. The largest absolute Gasteiger partial charge is 0.302 e. The van der Waals surface area contributed by atoms with Crippen molar-refractivity contribution in [2.75, 3.05) is 31.1 Å². The summed E-state index contributed by atoms with van der Waals surface area (Å²) >= 11 is 3.24. The highest BCUT2D eigenvalue weighted by Gasteiger charge is 2.21. The highest BCUT2D eigenvalue weighted by molar-refractivity contribution is 7.22. The summed E-state index contributed by atoms with van der Waals surface area (Å²) in [5.41, 5.74) is 2.18. The van der Waals surface area contributed by atoms with E-state index in [1.807, 2.05) is 28.5 Å². The van der Waals surface area contributed by atoms with Crippen molar-refractivity contribution in [3.63, 3.8) is 0 Å². The van der Waals surface area contributed by atoms with Gasteiger partial charge in [0.25, 0.3) is 0 Å². The van der Waals surface area contributed by atoms with Gasteiger partial charge in [0.15, 0.2) is 5.13 Å². The van der Waals surface area contributed by atoms with Crippen LogP contribution < -0.4 is 4.90 Å². The summed E-state index contributed by atoms with van der Waals surface area (Å²) in [5, 5.41) is 2.82. The second-order valence-corrected chi connectivity index (χ2v) is 8.34. The molecule has 0 radical (unpaired) electrons. The molecule has 1 aromatic carbocycles. The van der Waals surface area contributed by atoms with Gasteiger partial charge in [0, 0.05) is 18.0 Å². The number of hydrogen-bond donors (Lipinski definition) is 0. The quantitative estimate of drug-likeness (QED) is 0.511. The number of hydrogen-bond acceptors (Lipinski definition) is 5. The molecule has 0 spiro atoms. The third-order valence-electron chi connectivity index (χ3n) is 4.50. The molecule has 0 unspecified atom stereocenters. The van der Waals surface area contributed by atoms with Crippen LogP contribution in [0, 0.1) is 6.92 Å². The van der Waals surface area contributed by atoms with Crippen LogP contribution >= 0.6 is 35.1 Å². The Bertz CT molecular complexity index is 859. The van der Waals surface area contributed by atoms with Gasteiger partial charge in [-0.1, -0.05) is 37.3 Å². The minimum Gasteiger partial charge on any atom is -0.302 e. The first kappa shape index (κ1) is 21.8. The third kappa shape index (κ3) is 5.51. The number of carbonyl (C=O) groups is 1. The topological polar surface area (TPSA) is 36.4 Å². The Morgan fingerprint density at radius 3 is 2.59 bits per heavy atom. The summed E-state index contributed by atoms with van der Waals surface area (Å²) < 4.78 is 1.14. The van der Waals surface area contributed by atoms with Gasteiger partial charge in [0.1, 0.15) is 0 Å². The second-order valence-electron chi connectivity index (χ2n) is 6.30. The summed E-state index contributed by atoms with van der Waals surface area (Å²) in [5.74, 6) is 0.121. The van der Waals surface area contributed by atoms with Gasteiger partial charge >= 0.3 is 0 Å². The molecule has 7 heteroatoms. The highest BCUT2D eigenvalue weighted by atomic mass is 35.5. The summed E-state index contributed by atoms with van der Waals surface area (Å²) in [6.45, 7) is 9.90. The summed E-state index contributed by atoms with van der Waals surface area (Å²) in [6.07, 6.45) is 0.435. The molecule has 0 bridgehead atoms. The number of carbonyl (C=O) groups excluding carboxylic acids is 1. The molecule has 0 saturated carbocycles. The highest BCUT2D eigenvalue weighted by Crippen LogP contribution is 2.30. The molecule has 0 atom stereocenters. The van der Waals surface area contributed by atoms with Crippen molar-refractivity contribution in [3.8, 4) is 0 Å². The molecule has 0 saturated heterocycles. The van der Waals surface area contributed by atoms with Gasteiger partial charge in [-0.2, -0.15) is 0 Å². The molecule has 0 aliphatic heterocycles. The average molecular weight is 424 g/mol. The van der Waals surface area contributed by atoms with Crippen molar-refractivity contribution < 1.29 is 4.79 Å². The molecule has 3 rings (SSSR count). The van der Waals surface area contributed by atoms with Gasteiger partial charge in [-0.05, 0) is 49.2 Å². The number of thiophene rings is 1. The predicted molar refractivity (Wildman–Crippen MR) is 120 cm³/mol. The zero-order chi connectivity index (χ0) is 18.5. The monoisotopic (exact) mass is 423 g/mol. The molecule has 3 aromatic rings. The Morgan fingerprint density at radius 2 is 1.93 bits per heavy atom. The van der Waals surface area contributed by atoms with Crippen LogP contribution in [0.3, 0.4) is 0 Å². The van der Waals surface area contributed by atoms with Crippen molar-refractivity contribution in [2.45, 2.75) is 27.2 Å². The first-order valence-electron chi connectivity index (χ1n) is 9.03. The van der Waals surface area contributed by atoms with Crippen LogP contribution in [0.1, 0.15) is 24.3 Å². The van der Waals surface area contributed by atoms with E-state index in [0.717, 1.165) is 39.9 Å². The van der Waals surface area contributed by atoms with Crippen LogP contribution in [0.4, 0.5) is 5.13 Å². The van der Waals surface area contributed by atoms with Crippen LogP contribution in [0.5, 0.6) is 0 Å². The number of aryl methyl sites for hydroxylation is 1. The first-order chi connectivity index (χ1) is 12.6. The van der Waals surface area contributed by atoms with Gasteiger partial charge in [-0.3, -0.25) is 9.69 Å². The van der Waals surface area contributed by atoms with E-state index in [9.17, 15) is 4.79 Å². The maximum atomic E-state index is 13.0. The number of fused-ring (bicyclic) bond motifs is 1. The van der Waals surface area contributed by atoms with Gasteiger partial charge in [-0.25, -0.2) is 4.98 Å². The van der Waals surface area contributed by atoms with E-state index in [1.165, 1.54) is 5.56 Å². The number of likely N-dealkylation sites (N-methyl/N-ethyl adjacent to an activating group) is 1. The SMILES string of the molecule is CCN(CC)CCN(C(=O)Cc1cccs1)c1nc2ccc(C)cc2s1.Cl. The average Bonchev–Trinajstić information content (AvgIpc) is 3.27. The molecule has 0 fully saturated rings. The van der Waals surface area contributed by atoms with Gasteiger partial charge in [0.2, 0.25) is 5.91 Å². The van der Waals surface area contributed by atoms with E-state index in [1.54, 1.807) is 22.7 Å². The summed E-state index contributed by atoms with van der Waals surface area (Å²) in [6, 6.07) is 10.3. The van der Waals surface area contributed by atoms with Crippen molar-refractivity contribution >= 4 is 56.3 Å². The molecular weight excluding hydrogens is 398 g/mol. The molecule has 146 valence electrons. The number of anilines is 1. The van der Waals surface area contributed by atoms with Gasteiger partial charge in [-0.15, -0.1) is 23.7 Å². The number of thiazole rings is 1. The van der Waals surface area contributed by atoms with Crippen LogP contribution in [0.15, 0.2) is 35.7 Å². The van der Waals surface area contributed by atoms with Crippen LogP contribution in [0.25, 0.3) is 10.2 Å². The molecule has 0 N–H and O–H groups in total. The van der Waals surface area contributed by atoms with Gasteiger partial charge in [0.05, 0.1) is 16.6 Å². The fourth-order valence-electron chi connectivity index (χ4n) is 2.90. The van der Waals surface area contributed by atoms with Crippen molar-refractivity contribution in [3.05, 3.63) is 46.2 Å². The maximum absolute atomic E-state index is 13.0. The van der Waals surface area contributed by atoms with Crippen molar-refractivity contribution in [1.29, 1.82) is 0 Å². The smallest absolute Gasteiger partial charge is 0.234 e. The zero-order valence-corrected chi connectivity index (χ0v) is 18.4. The lowest BCUT2D eigenvalue weighted by molar-refractivity contribution is -0.118. The van der Waals surface area contributed by atoms with E-state index < -0.39 is 0 Å². The van der Waals surface area contributed by atoms with E-state index in [4.69, 9.17) is 4.98 Å². The van der Waals surface area contributed by atoms with Crippen LogP contribution in [-0.4, -0.2) is 42.0 Å². The first-order valence-corrected chi connectivity index (χ1v) is 10.7. The standard InChI is InChI=1S/C20H25N3OS2.ClH/c1-4-22(5-2)10-11-23(19(24)14-16-7-6-12-25-16)20-21-17-9-8-15(3)13-18(17)26-20;/h6-9,12-13H,4-5,10-11,14H2,1-3H3;1H. The molecule has 0 aliphatic rings. The van der Waals surface area contributed by atoms with E-state index in [2.05, 4.69) is 37.8 Å². The Kier molecular flexibility index (Phi) is 8.23. The maximum Gasteiger partial charge on any atom is 0.234 e. The van der Waals surface area contributed by atoms with Gasteiger partial charge < -0.3 is 4.90 Å². The molecule has 1 amide bonds. The normalized spacial score (nSPS) is 11.0. The minimum atomic E-state index is 0. The van der Waals surface area contributed by atoms with Crippen molar-refractivity contribution in [2.24, 2.45) is 0 Å².